The third-order valence-corrected chi connectivity index (χ3v) is 4.09. The summed E-state index contributed by atoms with van der Waals surface area (Å²) in [5.74, 6) is 1.62. The van der Waals surface area contributed by atoms with E-state index in [1.807, 2.05) is 18.0 Å². The van der Waals surface area contributed by atoms with Gasteiger partial charge >= 0.3 is 12.0 Å². The molecule has 0 radical (unpaired) electrons. The lowest BCUT2D eigenvalue weighted by atomic mass is 10.2. The Hall–Kier alpha value is -0.560. The second-order valence-corrected chi connectivity index (χ2v) is 5.93. The number of carbonyl (C=O) groups excluding carboxylic acids is 1. The van der Waals surface area contributed by atoms with Crippen LogP contribution in [0, 0.1) is 0 Å². The van der Waals surface area contributed by atoms with E-state index in [1.165, 1.54) is 0 Å². The maximum Gasteiger partial charge on any atom is 0.326 e. The fraction of sp³-hybridized carbons (Fsp3) is 0.800. The van der Waals surface area contributed by atoms with Crippen molar-refractivity contribution < 1.29 is 14.7 Å². The van der Waals surface area contributed by atoms with Crippen molar-refractivity contribution >= 4 is 35.5 Å². The molecule has 0 aromatic rings. The number of rotatable bonds is 5. The lowest BCUT2D eigenvalue weighted by Gasteiger charge is -2.28. The van der Waals surface area contributed by atoms with Crippen molar-refractivity contribution in [1.82, 2.24) is 10.2 Å². The van der Waals surface area contributed by atoms with Gasteiger partial charge in [-0.05, 0) is 18.4 Å². The molecule has 0 saturated carbocycles. The van der Waals surface area contributed by atoms with Crippen LogP contribution >= 0.6 is 23.5 Å². The summed E-state index contributed by atoms with van der Waals surface area (Å²) in [7, 11) is 0. The molecule has 2 amide bonds. The largest absolute Gasteiger partial charge is 0.480 e. The van der Waals surface area contributed by atoms with E-state index < -0.39 is 12.0 Å². The Labute approximate surface area is 110 Å². The first-order valence-corrected chi connectivity index (χ1v) is 8.05. The summed E-state index contributed by atoms with van der Waals surface area (Å²) in [5, 5.41) is 11.6. The van der Waals surface area contributed by atoms with E-state index >= 15 is 0 Å². The highest BCUT2D eigenvalue weighted by molar-refractivity contribution is 7.99. The van der Waals surface area contributed by atoms with E-state index in [2.05, 4.69) is 5.32 Å². The first-order chi connectivity index (χ1) is 8.15. The Morgan fingerprint density at radius 1 is 1.47 bits per heavy atom. The summed E-state index contributed by atoms with van der Waals surface area (Å²) in [4.78, 5) is 24.5. The van der Waals surface area contributed by atoms with Gasteiger partial charge in [-0.2, -0.15) is 23.5 Å². The summed E-state index contributed by atoms with van der Waals surface area (Å²) in [5.41, 5.74) is 0. The number of thioether (sulfide) groups is 2. The summed E-state index contributed by atoms with van der Waals surface area (Å²) in [6.07, 6.45) is 2.38. The van der Waals surface area contributed by atoms with Gasteiger partial charge in [-0.15, -0.1) is 0 Å². The summed E-state index contributed by atoms with van der Waals surface area (Å²) < 4.78 is 0. The van der Waals surface area contributed by atoms with Crippen LogP contribution in [0.3, 0.4) is 0 Å². The fourth-order valence-electron chi connectivity index (χ4n) is 1.50. The van der Waals surface area contributed by atoms with Crippen LogP contribution in [-0.2, 0) is 4.79 Å². The molecule has 0 unspecified atom stereocenters. The Morgan fingerprint density at radius 2 is 2.12 bits per heavy atom. The molecule has 7 heteroatoms. The van der Waals surface area contributed by atoms with Crippen molar-refractivity contribution in [3.63, 3.8) is 0 Å². The number of nitrogens with zero attached hydrogens (tertiary/aromatic N) is 1. The van der Waals surface area contributed by atoms with E-state index in [4.69, 9.17) is 5.11 Å². The minimum atomic E-state index is -0.959. The molecule has 1 atom stereocenters. The number of urea groups is 1. The second kappa shape index (κ2) is 7.71. The molecule has 17 heavy (non-hydrogen) atoms. The van der Waals surface area contributed by atoms with E-state index in [1.54, 1.807) is 16.7 Å². The molecular formula is C10H18N2O3S2. The third kappa shape index (κ3) is 5.08. The van der Waals surface area contributed by atoms with Crippen molar-refractivity contribution in [2.75, 3.05) is 36.6 Å². The van der Waals surface area contributed by atoms with Crippen LogP contribution in [0.4, 0.5) is 4.79 Å². The normalized spacial score (nSPS) is 17.6. The van der Waals surface area contributed by atoms with Crippen LogP contribution in [0.25, 0.3) is 0 Å². The average molecular weight is 278 g/mol. The quantitative estimate of drug-likeness (QED) is 0.783. The average Bonchev–Trinajstić information content (AvgIpc) is 2.35. The number of carboxylic acid groups (broad SMARTS) is 1. The van der Waals surface area contributed by atoms with Gasteiger partial charge < -0.3 is 15.3 Å². The topological polar surface area (TPSA) is 69.6 Å². The monoisotopic (exact) mass is 278 g/mol. The van der Waals surface area contributed by atoms with E-state index in [-0.39, 0.29) is 6.03 Å². The molecule has 0 spiro atoms. The van der Waals surface area contributed by atoms with Crippen molar-refractivity contribution in [2.45, 2.75) is 12.5 Å². The molecule has 1 aliphatic heterocycles. The molecule has 2 N–H and O–H groups in total. The highest BCUT2D eigenvalue weighted by Gasteiger charge is 2.23. The predicted molar refractivity (Wildman–Crippen MR) is 71.9 cm³/mol. The maximum atomic E-state index is 11.8. The molecule has 5 nitrogen and oxygen atoms in total. The fourth-order valence-corrected chi connectivity index (χ4v) is 2.87. The van der Waals surface area contributed by atoms with Gasteiger partial charge in [0, 0.05) is 24.6 Å². The number of aliphatic carboxylic acids is 1. The summed E-state index contributed by atoms with van der Waals surface area (Å²) >= 11 is 3.39. The Kier molecular flexibility index (Phi) is 6.57. The van der Waals surface area contributed by atoms with E-state index in [0.717, 1.165) is 17.3 Å². The highest BCUT2D eigenvalue weighted by Crippen LogP contribution is 2.09. The zero-order valence-electron chi connectivity index (χ0n) is 9.85. The van der Waals surface area contributed by atoms with Gasteiger partial charge in [0.2, 0.25) is 0 Å². The minimum Gasteiger partial charge on any atom is -0.480 e. The van der Waals surface area contributed by atoms with Gasteiger partial charge in [-0.25, -0.2) is 9.59 Å². The minimum absolute atomic E-state index is 0.251. The van der Waals surface area contributed by atoms with Crippen molar-refractivity contribution in [3.05, 3.63) is 0 Å². The van der Waals surface area contributed by atoms with E-state index in [0.29, 0.717) is 19.5 Å². The number of hydrogen-bond acceptors (Lipinski definition) is 4. The van der Waals surface area contributed by atoms with Crippen LogP contribution in [0.2, 0.25) is 0 Å². The Morgan fingerprint density at radius 3 is 2.65 bits per heavy atom. The molecular weight excluding hydrogens is 260 g/mol. The molecule has 1 heterocycles. The molecule has 0 aromatic heterocycles. The van der Waals surface area contributed by atoms with Gasteiger partial charge in [-0.1, -0.05) is 0 Å². The molecule has 1 aliphatic rings. The van der Waals surface area contributed by atoms with E-state index in [9.17, 15) is 9.59 Å². The number of carboxylic acids is 1. The number of amides is 2. The molecule has 98 valence electrons. The summed E-state index contributed by atoms with van der Waals surface area (Å²) in [6.45, 7) is 1.40. The SMILES string of the molecule is CSCC[C@H](NC(=O)N1CCSCC1)C(=O)O. The molecule has 1 rings (SSSR count). The van der Waals surface area contributed by atoms with Gasteiger partial charge in [0.15, 0.2) is 0 Å². The maximum absolute atomic E-state index is 11.8. The number of carbonyl (C=O) groups is 2. The van der Waals surface area contributed by atoms with Gasteiger partial charge in [0.1, 0.15) is 6.04 Å². The predicted octanol–water partition coefficient (Wildman–Crippen LogP) is 0.951. The smallest absolute Gasteiger partial charge is 0.326 e. The second-order valence-electron chi connectivity index (χ2n) is 3.72. The molecule has 0 aliphatic carbocycles. The van der Waals surface area contributed by atoms with Crippen LogP contribution in [0.5, 0.6) is 0 Å². The number of hydrogen-bond donors (Lipinski definition) is 2. The molecule has 1 fully saturated rings. The first kappa shape index (κ1) is 14.5. The van der Waals surface area contributed by atoms with Gasteiger partial charge in [0.25, 0.3) is 0 Å². The number of nitrogens with one attached hydrogen (secondary N) is 1. The van der Waals surface area contributed by atoms with Crippen LogP contribution in [-0.4, -0.2) is 64.7 Å². The Balaban J connectivity index is 2.42. The zero-order chi connectivity index (χ0) is 12.7. The standard InChI is InChI=1S/C10H18N2O3S2/c1-16-5-2-8(9(13)14)11-10(15)12-3-6-17-7-4-12/h8H,2-7H2,1H3,(H,11,15)(H,13,14)/t8-/m0/s1. The lowest BCUT2D eigenvalue weighted by molar-refractivity contribution is -0.139. The van der Waals surface area contributed by atoms with Crippen molar-refractivity contribution in [2.24, 2.45) is 0 Å². The van der Waals surface area contributed by atoms with Crippen LogP contribution in [0.1, 0.15) is 6.42 Å². The lowest BCUT2D eigenvalue weighted by Crippen LogP contribution is -2.50. The zero-order valence-corrected chi connectivity index (χ0v) is 11.5. The van der Waals surface area contributed by atoms with Gasteiger partial charge in [0.05, 0.1) is 0 Å². The Bertz CT molecular complexity index is 270. The molecule has 0 bridgehead atoms. The molecule has 1 saturated heterocycles. The van der Waals surface area contributed by atoms with Crippen LogP contribution in [0.15, 0.2) is 0 Å². The molecule has 0 aromatic carbocycles. The highest BCUT2D eigenvalue weighted by atomic mass is 32.2. The third-order valence-electron chi connectivity index (χ3n) is 2.50. The van der Waals surface area contributed by atoms with Crippen molar-refractivity contribution in [1.29, 1.82) is 0 Å². The van der Waals surface area contributed by atoms with Crippen LogP contribution < -0.4 is 5.32 Å². The van der Waals surface area contributed by atoms with Gasteiger partial charge in [-0.3, -0.25) is 0 Å². The summed E-state index contributed by atoms with van der Waals surface area (Å²) in [6, 6.07) is -1.02. The first-order valence-electron chi connectivity index (χ1n) is 5.50. The van der Waals surface area contributed by atoms with Crippen molar-refractivity contribution in [3.8, 4) is 0 Å².